The molecule has 0 spiro atoms. The van der Waals surface area contributed by atoms with Crippen LogP contribution in [0.3, 0.4) is 0 Å². The molecule has 0 radical (unpaired) electrons. The second-order valence-corrected chi connectivity index (χ2v) is 7.76. The molecule has 7 heteroatoms. The van der Waals surface area contributed by atoms with Crippen LogP contribution in [0.4, 0.5) is 4.39 Å². The molecule has 0 aliphatic carbocycles. The Balaban J connectivity index is 2.10. The number of carbonyl (C=O) groups is 1. The number of rotatable bonds is 5. The predicted octanol–water partition coefficient (Wildman–Crippen LogP) is 3.95. The molecule has 1 aromatic heterocycles. The van der Waals surface area contributed by atoms with Gasteiger partial charge in [-0.1, -0.05) is 41.6 Å². The zero-order chi connectivity index (χ0) is 19.6. The van der Waals surface area contributed by atoms with Crippen molar-refractivity contribution in [2.24, 2.45) is 0 Å². The largest absolute Gasteiger partial charge is 0.348 e. The topological polar surface area (TPSA) is 51.0 Å². The lowest BCUT2D eigenvalue weighted by Crippen LogP contribution is -2.29. The van der Waals surface area contributed by atoms with Crippen molar-refractivity contribution in [2.45, 2.75) is 24.3 Å². The molecule has 1 heterocycles. The highest BCUT2D eigenvalue weighted by molar-refractivity contribution is 8.00. The van der Waals surface area contributed by atoms with E-state index < -0.39 is 0 Å². The van der Waals surface area contributed by atoms with Crippen LogP contribution in [0, 0.1) is 12.7 Å². The number of halogens is 1. The lowest BCUT2D eigenvalue weighted by molar-refractivity contribution is -0.127. The van der Waals surface area contributed by atoms with Crippen LogP contribution in [0.15, 0.2) is 53.7 Å². The van der Waals surface area contributed by atoms with Crippen LogP contribution in [0.5, 0.6) is 0 Å². The Hall–Kier alpha value is -2.67. The van der Waals surface area contributed by atoms with E-state index in [1.54, 1.807) is 41.8 Å². The minimum atomic E-state index is -0.368. The number of nitrogens with zero attached hydrogens (tertiary/aromatic N) is 4. The minimum absolute atomic E-state index is 0.0223. The molecule has 1 atom stereocenters. The van der Waals surface area contributed by atoms with Gasteiger partial charge in [-0.3, -0.25) is 9.36 Å². The van der Waals surface area contributed by atoms with E-state index in [4.69, 9.17) is 0 Å². The highest BCUT2D eigenvalue weighted by Crippen LogP contribution is 2.31. The van der Waals surface area contributed by atoms with Crippen molar-refractivity contribution in [3.8, 4) is 17.1 Å². The fourth-order valence-electron chi connectivity index (χ4n) is 2.66. The number of thioether (sulfide) groups is 1. The fraction of sp³-hybridized carbons (Fsp3) is 0.250. The van der Waals surface area contributed by atoms with E-state index in [1.165, 1.54) is 17.8 Å². The average Bonchev–Trinajstić information content (AvgIpc) is 3.05. The summed E-state index contributed by atoms with van der Waals surface area (Å²) in [5, 5.41) is 8.68. The van der Waals surface area contributed by atoms with E-state index in [-0.39, 0.29) is 17.0 Å². The summed E-state index contributed by atoms with van der Waals surface area (Å²) in [5.41, 5.74) is 2.30. The average molecular weight is 384 g/mol. The first-order valence-corrected chi connectivity index (χ1v) is 9.41. The maximum absolute atomic E-state index is 14.4. The Bertz CT molecular complexity index is 953. The van der Waals surface area contributed by atoms with Crippen LogP contribution in [0.2, 0.25) is 0 Å². The minimum Gasteiger partial charge on any atom is -0.348 e. The summed E-state index contributed by atoms with van der Waals surface area (Å²) in [4.78, 5) is 13.8. The van der Waals surface area contributed by atoms with Gasteiger partial charge in [0.15, 0.2) is 11.0 Å². The van der Waals surface area contributed by atoms with Crippen molar-refractivity contribution in [2.75, 3.05) is 14.1 Å². The number of hydrogen-bond acceptors (Lipinski definition) is 4. The van der Waals surface area contributed by atoms with Crippen molar-refractivity contribution in [3.63, 3.8) is 0 Å². The van der Waals surface area contributed by atoms with Gasteiger partial charge < -0.3 is 4.90 Å². The van der Waals surface area contributed by atoms with Crippen LogP contribution in [-0.4, -0.2) is 44.9 Å². The van der Waals surface area contributed by atoms with Crippen LogP contribution in [0.25, 0.3) is 17.1 Å². The van der Waals surface area contributed by atoms with Gasteiger partial charge in [-0.05, 0) is 38.1 Å². The Labute approximate surface area is 162 Å². The van der Waals surface area contributed by atoms with Crippen LogP contribution < -0.4 is 0 Å². The Morgan fingerprint density at radius 1 is 1.11 bits per heavy atom. The smallest absolute Gasteiger partial charge is 0.235 e. The first-order chi connectivity index (χ1) is 12.9. The van der Waals surface area contributed by atoms with Crippen molar-refractivity contribution >= 4 is 17.7 Å². The highest BCUT2D eigenvalue weighted by atomic mass is 32.2. The number of amides is 1. The molecule has 3 rings (SSSR count). The van der Waals surface area contributed by atoms with Crippen LogP contribution >= 0.6 is 11.8 Å². The van der Waals surface area contributed by atoms with Gasteiger partial charge in [0.2, 0.25) is 5.91 Å². The quantitative estimate of drug-likeness (QED) is 0.625. The molecule has 0 bridgehead atoms. The maximum Gasteiger partial charge on any atom is 0.235 e. The summed E-state index contributed by atoms with van der Waals surface area (Å²) in [6.45, 7) is 3.82. The lowest BCUT2D eigenvalue weighted by atomic mass is 10.2. The van der Waals surface area contributed by atoms with Gasteiger partial charge >= 0.3 is 0 Å². The van der Waals surface area contributed by atoms with E-state index in [1.807, 2.05) is 38.1 Å². The van der Waals surface area contributed by atoms with E-state index in [0.717, 1.165) is 11.3 Å². The predicted molar refractivity (Wildman–Crippen MR) is 106 cm³/mol. The number of hydrogen-bond donors (Lipinski definition) is 0. The van der Waals surface area contributed by atoms with Crippen molar-refractivity contribution in [3.05, 3.63) is 59.9 Å². The van der Waals surface area contributed by atoms with E-state index in [9.17, 15) is 9.18 Å². The Morgan fingerprint density at radius 3 is 2.41 bits per heavy atom. The molecule has 0 fully saturated rings. The molecule has 0 saturated carbocycles. The lowest BCUT2D eigenvalue weighted by Gasteiger charge is -2.17. The third-order valence-electron chi connectivity index (χ3n) is 4.11. The van der Waals surface area contributed by atoms with E-state index in [2.05, 4.69) is 10.2 Å². The van der Waals surface area contributed by atoms with Gasteiger partial charge in [-0.25, -0.2) is 4.39 Å². The molecule has 1 amide bonds. The van der Waals surface area contributed by atoms with Crippen molar-refractivity contribution < 1.29 is 9.18 Å². The molecule has 0 aliphatic heterocycles. The van der Waals surface area contributed by atoms with Crippen molar-refractivity contribution in [1.29, 1.82) is 0 Å². The second-order valence-electron chi connectivity index (χ2n) is 6.45. The zero-order valence-electron chi connectivity index (χ0n) is 15.7. The van der Waals surface area contributed by atoms with Gasteiger partial charge in [-0.2, -0.15) is 0 Å². The Kier molecular flexibility index (Phi) is 5.60. The summed E-state index contributed by atoms with van der Waals surface area (Å²) in [6.07, 6.45) is 0. The third-order valence-corrected chi connectivity index (χ3v) is 5.14. The normalized spacial score (nSPS) is 12.0. The molecule has 3 aromatic rings. The molecular formula is C20H21FN4OS. The van der Waals surface area contributed by atoms with Gasteiger partial charge in [0.05, 0.1) is 10.8 Å². The summed E-state index contributed by atoms with van der Waals surface area (Å²) in [5.74, 6) is 0.0158. The number of benzene rings is 2. The first-order valence-electron chi connectivity index (χ1n) is 8.53. The molecule has 2 aromatic carbocycles. The Morgan fingerprint density at radius 2 is 1.78 bits per heavy atom. The molecule has 0 saturated heterocycles. The number of aromatic nitrogens is 3. The van der Waals surface area contributed by atoms with Gasteiger partial charge in [0.25, 0.3) is 0 Å². The standard InChI is InChI=1S/C20H21FN4OS/c1-13-9-11-15(12-10-13)25-18(16-7-5-6-8-17(16)21)22-23-20(25)27-14(2)19(26)24(3)4/h5-12,14H,1-4H3. The zero-order valence-corrected chi connectivity index (χ0v) is 16.5. The molecular weight excluding hydrogens is 363 g/mol. The summed E-state index contributed by atoms with van der Waals surface area (Å²) < 4.78 is 16.2. The summed E-state index contributed by atoms with van der Waals surface area (Å²) in [6, 6.07) is 14.3. The van der Waals surface area contributed by atoms with Gasteiger partial charge in [0, 0.05) is 19.8 Å². The number of aryl methyl sites for hydroxylation is 1. The molecule has 27 heavy (non-hydrogen) atoms. The summed E-state index contributed by atoms with van der Waals surface area (Å²) in [7, 11) is 3.43. The van der Waals surface area contributed by atoms with Crippen LogP contribution in [0.1, 0.15) is 12.5 Å². The fourth-order valence-corrected chi connectivity index (χ4v) is 3.68. The SMILES string of the molecule is Cc1ccc(-n2c(SC(C)C(=O)N(C)C)nnc2-c2ccccc2F)cc1. The van der Waals surface area contributed by atoms with E-state index in [0.29, 0.717) is 16.5 Å². The highest BCUT2D eigenvalue weighted by Gasteiger charge is 2.23. The molecule has 1 unspecified atom stereocenters. The molecule has 0 aliphatic rings. The monoisotopic (exact) mass is 384 g/mol. The molecule has 5 nitrogen and oxygen atoms in total. The molecule has 140 valence electrons. The summed E-state index contributed by atoms with van der Waals surface area (Å²) >= 11 is 1.30. The van der Waals surface area contributed by atoms with Crippen molar-refractivity contribution in [1.82, 2.24) is 19.7 Å². The third kappa shape index (κ3) is 4.03. The number of carbonyl (C=O) groups excluding carboxylic acids is 1. The molecule has 0 N–H and O–H groups in total. The van der Waals surface area contributed by atoms with Gasteiger partial charge in [0.1, 0.15) is 5.82 Å². The second kappa shape index (κ2) is 7.92. The first kappa shape index (κ1) is 19.1. The van der Waals surface area contributed by atoms with Gasteiger partial charge in [-0.15, -0.1) is 10.2 Å². The van der Waals surface area contributed by atoms with E-state index >= 15 is 0 Å². The maximum atomic E-state index is 14.4. The van der Waals surface area contributed by atoms with Crippen LogP contribution in [-0.2, 0) is 4.79 Å².